The third-order valence-corrected chi connectivity index (χ3v) is 8.05. The lowest BCUT2D eigenvalue weighted by atomic mass is 10.1. The molecule has 6 nitrogen and oxygen atoms in total. The second-order valence-electron chi connectivity index (χ2n) is 8.83. The molecule has 0 bridgehead atoms. The van der Waals surface area contributed by atoms with Crippen LogP contribution in [0.5, 0.6) is 0 Å². The summed E-state index contributed by atoms with van der Waals surface area (Å²) < 4.78 is 0. The molecule has 182 valence electrons. The van der Waals surface area contributed by atoms with E-state index in [0.717, 1.165) is 42.4 Å². The summed E-state index contributed by atoms with van der Waals surface area (Å²) in [4.78, 5) is 28.9. The number of carbonyl (C=O) groups excluding carboxylic acids is 2. The lowest BCUT2D eigenvalue weighted by molar-refractivity contribution is -0.133. The van der Waals surface area contributed by atoms with Crippen LogP contribution in [0.15, 0.2) is 54.6 Å². The number of halogens is 1. The van der Waals surface area contributed by atoms with Gasteiger partial charge in [-0.25, -0.2) is 0 Å². The van der Waals surface area contributed by atoms with Gasteiger partial charge in [0, 0.05) is 57.4 Å². The van der Waals surface area contributed by atoms with Crippen LogP contribution in [0.25, 0.3) is 0 Å². The smallest absolute Gasteiger partial charge is 0.223 e. The van der Waals surface area contributed by atoms with Crippen molar-refractivity contribution in [1.29, 1.82) is 0 Å². The summed E-state index contributed by atoms with van der Waals surface area (Å²) in [6.07, 6.45) is 2.42. The molecule has 0 aliphatic carbocycles. The third-order valence-electron chi connectivity index (χ3n) is 6.37. The maximum absolute atomic E-state index is 12.6. The maximum Gasteiger partial charge on any atom is 0.223 e. The van der Waals surface area contributed by atoms with E-state index in [-0.39, 0.29) is 24.7 Å². The molecule has 0 saturated carbocycles. The number of hydrogen-bond donors (Lipinski definition) is 2. The molecule has 8 heteroatoms. The van der Waals surface area contributed by atoms with Gasteiger partial charge in [0.05, 0.1) is 16.1 Å². The van der Waals surface area contributed by atoms with Crippen LogP contribution in [0.2, 0.25) is 5.02 Å². The van der Waals surface area contributed by atoms with E-state index in [0.29, 0.717) is 31.0 Å². The molecule has 2 N–H and O–H groups in total. The summed E-state index contributed by atoms with van der Waals surface area (Å²) in [5.74, 6) is 1.09. The molecule has 2 aromatic carbocycles. The monoisotopic (exact) mass is 500 g/mol. The van der Waals surface area contributed by atoms with E-state index in [4.69, 9.17) is 11.6 Å². The summed E-state index contributed by atoms with van der Waals surface area (Å²) in [6, 6.07) is 18.8. The normalized spacial score (nSPS) is 20.4. The Morgan fingerprint density at radius 2 is 1.74 bits per heavy atom. The first kappa shape index (κ1) is 24.9. The Balaban J connectivity index is 1.08. The lowest BCUT2D eigenvalue weighted by Gasteiger charge is -2.36. The number of piperazine rings is 1. The molecule has 2 aliphatic heterocycles. The number of rotatable bonds is 9. The molecule has 0 aromatic heterocycles. The molecule has 34 heavy (non-hydrogen) atoms. The molecular formula is C26H33ClN4O2S. The molecule has 0 spiro atoms. The van der Waals surface area contributed by atoms with E-state index in [2.05, 4.69) is 39.8 Å². The quantitative estimate of drug-likeness (QED) is 0.551. The van der Waals surface area contributed by atoms with Crippen molar-refractivity contribution < 1.29 is 9.59 Å². The van der Waals surface area contributed by atoms with Gasteiger partial charge in [0.15, 0.2) is 0 Å². The first-order valence-corrected chi connectivity index (χ1v) is 13.5. The molecule has 2 amide bonds. The number of amides is 2. The molecule has 2 aliphatic rings. The fourth-order valence-corrected chi connectivity index (χ4v) is 6.00. The van der Waals surface area contributed by atoms with E-state index in [1.165, 1.54) is 5.56 Å². The number of anilines is 1. The molecule has 2 aromatic rings. The minimum absolute atomic E-state index is 0.0470. The average Bonchev–Trinajstić information content (AvgIpc) is 3.30. The van der Waals surface area contributed by atoms with E-state index >= 15 is 0 Å². The van der Waals surface area contributed by atoms with Crippen molar-refractivity contribution in [2.75, 3.05) is 43.4 Å². The van der Waals surface area contributed by atoms with E-state index in [1.807, 2.05) is 47.0 Å². The topological polar surface area (TPSA) is 64.7 Å². The van der Waals surface area contributed by atoms with Gasteiger partial charge in [0.1, 0.15) is 0 Å². The van der Waals surface area contributed by atoms with Crippen LogP contribution in [0.1, 0.15) is 24.8 Å². The lowest BCUT2D eigenvalue weighted by Crippen LogP contribution is -2.49. The third kappa shape index (κ3) is 7.14. The Labute approximate surface area is 211 Å². The molecule has 4 rings (SSSR count). The van der Waals surface area contributed by atoms with Crippen molar-refractivity contribution in [1.82, 2.24) is 15.5 Å². The van der Waals surface area contributed by atoms with Gasteiger partial charge in [-0.1, -0.05) is 54.1 Å². The predicted molar refractivity (Wildman–Crippen MR) is 140 cm³/mol. The van der Waals surface area contributed by atoms with E-state index in [9.17, 15) is 9.59 Å². The highest BCUT2D eigenvalue weighted by molar-refractivity contribution is 8.00. The SMILES string of the molecule is O=C(CCC(=O)N1CCN(c2ccccc2Cl)CC1)NCCC1NC(Cc2ccccc2)CS1. The largest absolute Gasteiger partial charge is 0.367 e. The zero-order valence-corrected chi connectivity index (χ0v) is 21.0. The highest BCUT2D eigenvalue weighted by atomic mass is 35.5. The van der Waals surface area contributed by atoms with Crippen LogP contribution >= 0.6 is 23.4 Å². The molecule has 2 atom stereocenters. The zero-order chi connectivity index (χ0) is 23.8. The van der Waals surface area contributed by atoms with Crippen LogP contribution in [0.3, 0.4) is 0 Å². The molecule has 0 radical (unpaired) electrons. The van der Waals surface area contributed by atoms with Crippen molar-refractivity contribution in [3.8, 4) is 0 Å². The highest BCUT2D eigenvalue weighted by Crippen LogP contribution is 2.26. The number of nitrogens with one attached hydrogen (secondary N) is 2. The van der Waals surface area contributed by atoms with Gasteiger partial charge in [-0.15, -0.1) is 11.8 Å². The van der Waals surface area contributed by atoms with Crippen molar-refractivity contribution in [3.05, 3.63) is 65.2 Å². The highest BCUT2D eigenvalue weighted by Gasteiger charge is 2.25. The first-order valence-electron chi connectivity index (χ1n) is 12.0. The fourth-order valence-electron chi connectivity index (χ4n) is 4.49. The minimum Gasteiger partial charge on any atom is -0.367 e. The van der Waals surface area contributed by atoms with Crippen molar-refractivity contribution in [2.24, 2.45) is 0 Å². The van der Waals surface area contributed by atoms with E-state index < -0.39 is 0 Å². The van der Waals surface area contributed by atoms with Gasteiger partial charge in [-0.3, -0.25) is 9.59 Å². The maximum atomic E-state index is 12.6. The summed E-state index contributed by atoms with van der Waals surface area (Å²) >= 11 is 8.21. The predicted octanol–water partition coefficient (Wildman–Crippen LogP) is 3.55. The Morgan fingerprint density at radius 1 is 1.00 bits per heavy atom. The number of nitrogens with zero attached hydrogens (tertiary/aromatic N) is 2. The number of carbonyl (C=O) groups is 2. The fraction of sp³-hybridized carbons (Fsp3) is 0.462. The van der Waals surface area contributed by atoms with Crippen molar-refractivity contribution >= 4 is 40.9 Å². The average molecular weight is 501 g/mol. The first-order chi connectivity index (χ1) is 16.6. The second-order valence-corrected chi connectivity index (χ2v) is 10.5. The molecule has 2 unspecified atom stereocenters. The van der Waals surface area contributed by atoms with Crippen LogP contribution in [0, 0.1) is 0 Å². The van der Waals surface area contributed by atoms with Gasteiger partial charge in [0.2, 0.25) is 11.8 Å². The molecule has 2 saturated heterocycles. The van der Waals surface area contributed by atoms with Crippen molar-refractivity contribution in [2.45, 2.75) is 37.1 Å². The Hall–Kier alpha value is -2.22. The van der Waals surface area contributed by atoms with E-state index in [1.54, 1.807) is 0 Å². The zero-order valence-electron chi connectivity index (χ0n) is 19.4. The van der Waals surface area contributed by atoms with Crippen LogP contribution in [-0.4, -0.2) is 66.6 Å². The van der Waals surface area contributed by atoms with Gasteiger partial charge in [-0.2, -0.15) is 0 Å². The number of thioether (sulfide) groups is 1. The standard InChI is InChI=1S/C26H33ClN4O2S/c27-22-8-4-5-9-23(22)30-14-16-31(17-15-30)26(33)11-10-24(32)28-13-12-25-29-21(19-34-25)18-20-6-2-1-3-7-20/h1-9,21,25,29H,10-19H2,(H,28,32). The molecule has 2 heterocycles. The molecule has 2 fully saturated rings. The summed E-state index contributed by atoms with van der Waals surface area (Å²) in [5, 5.41) is 7.74. The van der Waals surface area contributed by atoms with Gasteiger partial charge in [-0.05, 0) is 30.5 Å². The Morgan fingerprint density at radius 3 is 2.50 bits per heavy atom. The van der Waals surface area contributed by atoms with Crippen LogP contribution < -0.4 is 15.5 Å². The van der Waals surface area contributed by atoms with Gasteiger partial charge < -0.3 is 20.4 Å². The number of para-hydroxylation sites is 1. The minimum atomic E-state index is -0.0492. The summed E-state index contributed by atoms with van der Waals surface area (Å²) in [6.45, 7) is 3.44. The van der Waals surface area contributed by atoms with Gasteiger partial charge in [0.25, 0.3) is 0 Å². The summed E-state index contributed by atoms with van der Waals surface area (Å²) in [5.41, 5.74) is 2.36. The molecular weight excluding hydrogens is 468 g/mol. The van der Waals surface area contributed by atoms with Crippen LogP contribution in [0.4, 0.5) is 5.69 Å². The Bertz CT molecular complexity index is 953. The summed E-state index contributed by atoms with van der Waals surface area (Å²) in [7, 11) is 0. The Kier molecular flexibility index (Phi) is 9.13. The van der Waals surface area contributed by atoms with Crippen LogP contribution in [-0.2, 0) is 16.0 Å². The number of hydrogen-bond acceptors (Lipinski definition) is 5. The number of benzene rings is 2. The second kappa shape index (κ2) is 12.5. The van der Waals surface area contributed by atoms with Crippen molar-refractivity contribution in [3.63, 3.8) is 0 Å². The van der Waals surface area contributed by atoms with Gasteiger partial charge >= 0.3 is 0 Å².